The molecule has 0 aliphatic heterocycles. The zero-order chi connectivity index (χ0) is 7.40. The predicted octanol–water partition coefficient (Wildman–Crippen LogP) is 1.42. The summed E-state index contributed by atoms with van der Waals surface area (Å²) in [6.07, 6.45) is 3.55. The molecule has 0 spiro atoms. The van der Waals surface area contributed by atoms with E-state index in [1.54, 1.807) is 6.92 Å². The van der Waals surface area contributed by atoms with Crippen molar-refractivity contribution in [2.24, 2.45) is 0 Å². The summed E-state index contributed by atoms with van der Waals surface area (Å²) in [6, 6.07) is 1.37. The fourth-order valence-electron chi connectivity index (χ4n) is 0.589. The second-order valence-corrected chi connectivity index (χ2v) is 1.68. The average molecular weight is 140 g/mol. The average Bonchev–Trinajstić information content (AvgIpc) is 1.94. The molecule has 0 aliphatic carbocycles. The number of rotatable bonds is 2. The van der Waals surface area contributed by atoms with Gasteiger partial charge in [-0.05, 0) is 6.92 Å². The summed E-state index contributed by atoms with van der Waals surface area (Å²) in [7, 11) is 0. The summed E-state index contributed by atoms with van der Waals surface area (Å²) in [4.78, 5) is 3.45. The number of aromatic nitrogens is 1. The lowest BCUT2D eigenvalue weighted by Crippen LogP contribution is -1.94. The first kappa shape index (κ1) is 6.99. The topological polar surface area (TPSA) is 22.1 Å². The number of hydrogen-bond acceptors (Lipinski definition) is 2. The molecule has 1 aromatic rings. The molecule has 0 atom stereocenters. The SMILES string of the molecule is CCOc1c[c]ncc1F. The Hall–Kier alpha value is -1.12. The van der Waals surface area contributed by atoms with Gasteiger partial charge in [-0.2, -0.15) is 0 Å². The Kier molecular flexibility index (Phi) is 2.20. The van der Waals surface area contributed by atoms with E-state index >= 15 is 0 Å². The molecule has 1 radical (unpaired) electrons. The fourth-order valence-corrected chi connectivity index (χ4v) is 0.589. The van der Waals surface area contributed by atoms with E-state index in [0.29, 0.717) is 6.61 Å². The van der Waals surface area contributed by atoms with Crippen LogP contribution >= 0.6 is 0 Å². The molecule has 0 saturated heterocycles. The molecule has 10 heavy (non-hydrogen) atoms. The van der Waals surface area contributed by atoms with Crippen molar-refractivity contribution in [2.45, 2.75) is 6.92 Å². The monoisotopic (exact) mass is 140 g/mol. The number of ether oxygens (including phenoxy) is 1. The van der Waals surface area contributed by atoms with Gasteiger partial charge in [0.2, 0.25) is 0 Å². The van der Waals surface area contributed by atoms with Gasteiger partial charge < -0.3 is 4.74 Å². The van der Waals surface area contributed by atoms with E-state index in [4.69, 9.17) is 4.74 Å². The number of nitrogens with zero attached hydrogens (tertiary/aromatic N) is 1. The number of pyridine rings is 1. The molecular formula is C7H7FNO. The van der Waals surface area contributed by atoms with Gasteiger partial charge in [0, 0.05) is 6.07 Å². The Balaban J connectivity index is 2.81. The molecule has 0 N–H and O–H groups in total. The highest BCUT2D eigenvalue weighted by molar-refractivity contribution is 5.18. The van der Waals surface area contributed by atoms with Crippen LogP contribution in [0.25, 0.3) is 0 Å². The maximum absolute atomic E-state index is 12.6. The minimum atomic E-state index is -0.444. The van der Waals surface area contributed by atoms with E-state index in [9.17, 15) is 4.39 Å². The minimum Gasteiger partial charge on any atom is -0.491 e. The van der Waals surface area contributed by atoms with Crippen LogP contribution in [0.4, 0.5) is 4.39 Å². The third-order valence-corrected chi connectivity index (χ3v) is 0.983. The Morgan fingerprint density at radius 3 is 3.20 bits per heavy atom. The Morgan fingerprint density at radius 1 is 1.80 bits per heavy atom. The molecule has 3 heteroatoms. The van der Waals surface area contributed by atoms with Crippen LogP contribution < -0.4 is 4.74 Å². The van der Waals surface area contributed by atoms with Gasteiger partial charge in [0.25, 0.3) is 0 Å². The van der Waals surface area contributed by atoms with Crippen molar-refractivity contribution in [3.63, 3.8) is 0 Å². The lowest BCUT2D eigenvalue weighted by Gasteiger charge is -2.00. The summed E-state index contributed by atoms with van der Waals surface area (Å²) in [5.74, 6) is -0.238. The van der Waals surface area contributed by atoms with Crippen LogP contribution in [0.2, 0.25) is 0 Å². The zero-order valence-corrected chi connectivity index (χ0v) is 5.60. The van der Waals surface area contributed by atoms with Gasteiger partial charge >= 0.3 is 0 Å². The highest BCUT2D eigenvalue weighted by Gasteiger charge is 1.98. The van der Waals surface area contributed by atoms with E-state index in [1.807, 2.05) is 0 Å². The van der Waals surface area contributed by atoms with Crippen molar-refractivity contribution in [1.82, 2.24) is 4.98 Å². The van der Waals surface area contributed by atoms with Crippen molar-refractivity contribution < 1.29 is 9.13 Å². The van der Waals surface area contributed by atoms with Gasteiger partial charge in [-0.1, -0.05) is 0 Å². The molecule has 2 nitrogen and oxygen atoms in total. The van der Waals surface area contributed by atoms with E-state index in [0.717, 1.165) is 6.20 Å². The molecule has 0 saturated carbocycles. The third kappa shape index (κ3) is 1.43. The maximum Gasteiger partial charge on any atom is 0.183 e. The Labute approximate surface area is 58.7 Å². The summed E-state index contributed by atoms with van der Waals surface area (Å²) in [5, 5.41) is 0. The van der Waals surface area contributed by atoms with Crippen LogP contribution in [-0.2, 0) is 0 Å². The molecule has 0 fully saturated rings. The van der Waals surface area contributed by atoms with Crippen LogP contribution in [0.5, 0.6) is 5.75 Å². The summed E-state index contributed by atoms with van der Waals surface area (Å²) >= 11 is 0. The van der Waals surface area contributed by atoms with Crippen LogP contribution in [0.1, 0.15) is 6.92 Å². The molecule has 0 aromatic carbocycles. The van der Waals surface area contributed by atoms with Gasteiger partial charge in [-0.25, -0.2) is 4.39 Å². The van der Waals surface area contributed by atoms with Crippen LogP contribution in [0, 0.1) is 12.0 Å². The summed E-state index contributed by atoms with van der Waals surface area (Å²) in [5.41, 5.74) is 0. The molecule has 0 unspecified atom stereocenters. The summed E-state index contributed by atoms with van der Waals surface area (Å²) < 4.78 is 17.5. The minimum absolute atomic E-state index is 0.206. The van der Waals surface area contributed by atoms with Crippen molar-refractivity contribution in [3.8, 4) is 5.75 Å². The largest absolute Gasteiger partial charge is 0.491 e. The smallest absolute Gasteiger partial charge is 0.183 e. The van der Waals surface area contributed by atoms with E-state index < -0.39 is 5.82 Å². The third-order valence-electron chi connectivity index (χ3n) is 0.983. The number of hydrogen-bond donors (Lipinski definition) is 0. The van der Waals surface area contributed by atoms with Gasteiger partial charge in [0.05, 0.1) is 19.0 Å². The highest BCUT2D eigenvalue weighted by Crippen LogP contribution is 2.12. The molecule has 0 amide bonds. The van der Waals surface area contributed by atoms with E-state index in [2.05, 4.69) is 11.2 Å². The second kappa shape index (κ2) is 3.15. The molecule has 1 aromatic heterocycles. The molecular weight excluding hydrogens is 133 g/mol. The van der Waals surface area contributed by atoms with Crippen molar-refractivity contribution >= 4 is 0 Å². The second-order valence-electron chi connectivity index (χ2n) is 1.68. The molecule has 53 valence electrons. The fraction of sp³-hybridized carbons (Fsp3) is 0.286. The van der Waals surface area contributed by atoms with Crippen molar-refractivity contribution in [1.29, 1.82) is 0 Å². The Morgan fingerprint density at radius 2 is 2.60 bits per heavy atom. The van der Waals surface area contributed by atoms with Gasteiger partial charge in [-0.15, -0.1) is 0 Å². The summed E-state index contributed by atoms with van der Waals surface area (Å²) in [6.45, 7) is 2.24. The van der Waals surface area contributed by atoms with Crippen LogP contribution in [0.15, 0.2) is 12.3 Å². The Bertz CT molecular complexity index is 215. The zero-order valence-electron chi connectivity index (χ0n) is 5.60. The van der Waals surface area contributed by atoms with E-state index in [-0.39, 0.29) is 5.75 Å². The molecule has 1 heterocycles. The van der Waals surface area contributed by atoms with Crippen LogP contribution in [-0.4, -0.2) is 11.6 Å². The van der Waals surface area contributed by atoms with E-state index in [1.165, 1.54) is 6.07 Å². The molecule has 0 aliphatic rings. The first-order valence-corrected chi connectivity index (χ1v) is 2.99. The maximum atomic E-state index is 12.6. The molecule has 0 bridgehead atoms. The quantitative estimate of drug-likeness (QED) is 0.619. The van der Waals surface area contributed by atoms with Crippen molar-refractivity contribution in [2.75, 3.05) is 6.61 Å². The first-order chi connectivity index (χ1) is 4.84. The standard InChI is InChI=1S/C7H7FNO/c1-2-10-7-3-4-9-5-6(7)8/h3,5H,2H2,1H3. The van der Waals surface area contributed by atoms with Gasteiger partial charge in [-0.3, -0.25) is 4.98 Å². The van der Waals surface area contributed by atoms with Gasteiger partial charge in [0.15, 0.2) is 11.6 Å². The predicted molar refractivity (Wildman–Crippen MR) is 34.2 cm³/mol. The van der Waals surface area contributed by atoms with Crippen molar-refractivity contribution in [3.05, 3.63) is 24.3 Å². The molecule has 1 rings (SSSR count). The van der Waals surface area contributed by atoms with Crippen LogP contribution in [0.3, 0.4) is 0 Å². The number of halogens is 1. The lowest BCUT2D eigenvalue weighted by atomic mass is 10.4. The normalized spacial score (nSPS) is 9.40. The first-order valence-electron chi connectivity index (χ1n) is 2.99. The highest BCUT2D eigenvalue weighted by atomic mass is 19.1. The van der Waals surface area contributed by atoms with Gasteiger partial charge in [0.1, 0.15) is 0 Å². The lowest BCUT2D eigenvalue weighted by molar-refractivity contribution is 0.320.